The summed E-state index contributed by atoms with van der Waals surface area (Å²) in [5.41, 5.74) is 1.17. The summed E-state index contributed by atoms with van der Waals surface area (Å²) in [7, 11) is 1.79. The second kappa shape index (κ2) is 8.34. The van der Waals surface area contributed by atoms with Crippen LogP contribution in [0.15, 0.2) is 24.3 Å². The number of rotatable bonds is 5. The molecule has 1 aliphatic carbocycles. The van der Waals surface area contributed by atoms with Gasteiger partial charge in [0.2, 0.25) is 5.91 Å². The zero-order chi connectivity index (χ0) is 18.5. The molecule has 0 atom stereocenters. The molecular weight excluding hydrogens is 332 g/mol. The van der Waals surface area contributed by atoms with E-state index in [4.69, 9.17) is 4.74 Å². The van der Waals surface area contributed by atoms with Gasteiger partial charge in [0.05, 0.1) is 5.56 Å². The molecule has 1 aliphatic heterocycles. The molecule has 2 amide bonds. The van der Waals surface area contributed by atoms with Gasteiger partial charge in [-0.15, -0.1) is 0 Å². The molecule has 1 aromatic carbocycles. The lowest BCUT2D eigenvalue weighted by molar-refractivity contribution is -0.135. The lowest BCUT2D eigenvalue weighted by Crippen LogP contribution is -2.40. The topological polar surface area (TPSA) is 66.9 Å². The number of nitrogens with zero attached hydrogens (tertiary/aromatic N) is 2. The summed E-state index contributed by atoms with van der Waals surface area (Å²) >= 11 is 0. The van der Waals surface area contributed by atoms with Gasteiger partial charge in [-0.25, -0.2) is 4.79 Å². The molecule has 1 aromatic rings. The summed E-state index contributed by atoms with van der Waals surface area (Å²) in [5.74, 6) is -0.573. The highest BCUT2D eigenvalue weighted by atomic mass is 16.5. The van der Waals surface area contributed by atoms with Crippen LogP contribution in [-0.2, 0) is 14.3 Å². The van der Waals surface area contributed by atoms with Crippen molar-refractivity contribution in [3.63, 3.8) is 0 Å². The van der Waals surface area contributed by atoms with Crippen molar-refractivity contribution in [1.29, 1.82) is 0 Å². The van der Waals surface area contributed by atoms with Gasteiger partial charge in [-0.1, -0.05) is 19.3 Å². The van der Waals surface area contributed by atoms with E-state index < -0.39 is 5.97 Å². The van der Waals surface area contributed by atoms with Gasteiger partial charge in [-0.05, 0) is 43.5 Å². The Morgan fingerprint density at radius 2 is 1.81 bits per heavy atom. The maximum atomic E-state index is 12.2. The molecule has 0 unspecified atom stereocenters. The summed E-state index contributed by atoms with van der Waals surface area (Å²) in [5, 5.41) is 0. The minimum absolute atomic E-state index is 0.108. The standard InChI is InChI=1S/C20H26N2O4/c1-21(16-6-3-2-4-7-16)19(24)14-26-20(25)15-9-11-17(12-10-15)22-13-5-8-18(22)23/h9-12,16H,2-8,13-14H2,1H3. The van der Waals surface area contributed by atoms with Crippen LogP contribution in [0.2, 0.25) is 0 Å². The summed E-state index contributed by atoms with van der Waals surface area (Å²) in [6.07, 6.45) is 6.99. The van der Waals surface area contributed by atoms with Gasteiger partial charge in [0.25, 0.3) is 5.91 Å². The Hall–Kier alpha value is -2.37. The molecule has 1 heterocycles. The molecule has 6 heteroatoms. The van der Waals surface area contributed by atoms with E-state index in [1.807, 2.05) is 0 Å². The van der Waals surface area contributed by atoms with Crippen molar-refractivity contribution in [2.45, 2.75) is 51.0 Å². The van der Waals surface area contributed by atoms with Crippen molar-refractivity contribution in [3.8, 4) is 0 Å². The van der Waals surface area contributed by atoms with E-state index in [9.17, 15) is 14.4 Å². The van der Waals surface area contributed by atoms with Crippen LogP contribution in [0.3, 0.4) is 0 Å². The molecule has 2 fully saturated rings. The van der Waals surface area contributed by atoms with Gasteiger partial charge in [-0.2, -0.15) is 0 Å². The third-order valence-electron chi connectivity index (χ3n) is 5.33. The lowest BCUT2D eigenvalue weighted by Gasteiger charge is -2.31. The van der Waals surface area contributed by atoms with Crippen LogP contribution in [0.4, 0.5) is 5.69 Å². The Balaban J connectivity index is 1.51. The average Bonchev–Trinajstić information content (AvgIpc) is 3.12. The molecule has 0 bridgehead atoms. The predicted molar refractivity (Wildman–Crippen MR) is 98.0 cm³/mol. The van der Waals surface area contributed by atoms with E-state index in [1.165, 1.54) is 6.42 Å². The minimum atomic E-state index is -0.519. The molecule has 26 heavy (non-hydrogen) atoms. The zero-order valence-electron chi connectivity index (χ0n) is 15.3. The SMILES string of the molecule is CN(C(=O)COC(=O)c1ccc(N2CCCC2=O)cc1)C1CCCCC1. The summed E-state index contributed by atoms with van der Waals surface area (Å²) < 4.78 is 5.18. The number of esters is 1. The largest absolute Gasteiger partial charge is 0.452 e. The van der Waals surface area contributed by atoms with Crippen molar-refractivity contribution in [2.24, 2.45) is 0 Å². The Bertz CT molecular complexity index is 665. The molecule has 6 nitrogen and oxygen atoms in total. The fourth-order valence-corrected chi connectivity index (χ4v) is 3.68. The van der Waals surface area contributed by atoms with Gasteiger partial charge < -0.3 is 14.5 Å². The summed E-state index contributed by atoms with van der Waals surface area (Å²) in [6.45, 7) is 0.475. The molecule has 0 radical (unpaired) electrons. The Kier molecular flexibility index (Phi) is 5.91. The van der Waals surface area contributed by atoms with Gasteiger partial charge in [-0.3, -0.25) is 9.59 Å². The fraction of sp³-hybridized carbons (Fsp3) is 0.550. The van der Waals surface area contributed by atoms with Crippen molar-refractivity contribution in [2.75, 3.05) is 25.1 Å². The molecule has 0 aromatic heterocycles. The summed E-state index contributed by atoms with van der Waals surface area (Å²) in [6, 6.07) is 7.02. The number of benzene rings is 1. The van der Waals surface area contributed by atoms with Crippen LogP contribution in [0.1, 0.15) is 55.3 Å². The highest BCUT2D eigenvalue weighted by Crippen LogP contribution is 2.23. The number of hydrogen-bond acceptors (Lipinski definition) is 4. The van der Waals surface area contributed by atoms with Crippen LogP contribution in [0.5, 0.6) is 0 Å². The Morgan fingerprint density at radius 1 is 1.12 bits per heavy atom. The summed E-state index contributed by atoms with van der Waals surface area (Å²) in [4.78, 5) is 39.6. The van der Waals surface area contributed by atoms with Crippen LogP contribution >= 0.6 is 0 Å². The number of ether oxygens (including phenoxy) is 1. The smallest absolute Gasteiger partial charge is 0.338 e. The number of amides is 2. The van der Waals surface area contributed by atoms with Gasteiger partial charge in [0.1, 0.15) is 0 Å². The van der Waals surface area contributed by atoms with Gasteiger partial charge in [0.15, 0.2) is 6.61 Å². The van der Waals surface area contributed by atoms with Crippen LogP contribution < -0.4 is 4.90 Å². The highest BCUT2D eigenvalue weighted by Gasteiger charge is 2.24. The molecule has 1 saturated carbocycles. The Morgan fingerprint density at radius 3 is 2.42 bits per heavy atom. The highest BCUT2D eigenvalue weighted by molar-refractivity contribution is 5.96. The maximum absolute atomic E-state index is 12.2. The monoisotopic (exact) mass is 358 g/mol. The lowest BCUT2D eigenvalue weighted by atomic mass is 9.94. The first-order chi connectivity index (χ1) is 12.6. The van der Waals surface area contributed by atoms with Crippen molar-refractivity contribution in [3.05, 3.63) is 29.8 Å². The van der Waals surface area contributed by atoms with Crippen molar-refractivity contribution >= 4 is 23.5 Å². The molecule has 140 valence electrons. The molecule has 0 spiro atoms. The van der Waals surface area contributed by atoms with E-state index >= 15 is 0 Å². The first-order valence-corrected chi connectivity index (χ1v) is 9.39. The maximum Gasteiger partial charge on any atom is 0.338 e. The van der Waals surface area contributed by atoms with E-state index in [0.717, 1.165) is 37.8 Å². The van der Waals surface area contributed by atoms with Crippen LogP contribution in [0, 0.1) is 0 Å². The predicted octanol–water partition coefficient (Wildman–Crippen LogP) is 2.76. The third kappa shape index (κ3) is 4.23. The fourth-order valence-electron chi connectivity index (χ4n) is 3.68. The van der Waals surface area contributed by atoms with Crippen LogP contribution in [-0.4, -0.2) is 48.9 Å². The average molecular weight is 358 g/mol. The normalized spacial score (nSPS) is 18.0. The quantitative estimate of drug-likeness (QED) is 0.759. The number of hydrogen-bond donors (Lipinski definition) is 0. The van der Waals surface area contributed by atoms with E-state index in [0.29, 0.717) is 18.5 Å². The number of anilines is 1. The third-order valence-corrected chi connectivity index (χ3v) is 5.33. The first kappa shape index (κ1) is 18.4. The first-order valence-electron chi connectivity index (χ1n) is 9.39. The van der Waals surface area contributed by atoms with Crippen molar-refractivity contribution < 1.29 is 19.1 Å². The van der Waals surface area contributed by atoms with E-state index in [2.05, 4.69) is 0 Å². The minimum Gasteiger partial charge on any atom is -0.452 e. The second-order valence-electron chi connectivity index (χ2n) is 7.07. The number of carbonyl (C=O) groups is 3. The van der Waals surface area contributed by atoms with Crippen molar-refractivity contribution in [1.82, 2.24) is 4.90 Å². The molecule has 1 saturated heterocycles. The molecule has 0 N–H and O–H groups in total. The van der Waals surface area contributed by atoms with Gasteiger partial charge >= 0.3 is 5.97 Å². The van der Waals surface area contributed by atoms with E-state index in [1.54, 1.807) is 41.1 Å². The van der Waals surface area contributed by atoms with Crippen LogP contribution in [0.25, 0.3) is 0 Å². The van der Waals surface area contributed by atoms with Gasteiger partial charge in [0, 0.05) is 31.7 Å². The molecule has 3 rings (SSSR count). The Labute approximate surface area is 154 Å². The second-order valence-corrected chi connectivity index (χ2v) is 7.07. The van der Waals surface area contributed by atoms with E-state index in [-0.39, 0.29) is 24.5 Å². The zero-order valence-corrected chi connectivity index (χ0v) is 15.3. The molecule has 2 aliphatic rings. The number of likely N-dealkylation sites (N-methyl/N-ethyl adjacent to an activating group) is 1. The molecular formula is C20H26N2O4. The number of carbonyl (C=O) groups excluding carboxylic acids is 3.